The number of aromatic nitrogens is 1. The van der Waals surface area contributed by atoms with Crippen molar-refractivity contribution in [2.45, 2.75) is 45.5 Å². The van der Waals surface area contributed by atoms with Crippen molar-refractivity contribution in [3.63, 3.8) is 0 Å². The van der Waals surface area contributed by atoms with Gasteiger partial charge in [-0.25, -0.2) is 14.8 Å². The van der Waals surface area contributed by atoms with Crippen molar-refractivity contribution < 1.29 is 27.4 Å². The topological polar surface area (TPSA) is 88.1 Å². The molecule has 0 aromatic carbocycles. The standard InChI is InChI=1S/C19H28F3N5O3.HI/c1-3-23-17(26-15-6-9-27(10-7-15)18(28)29-4-2)25-12-14-5-8-24-16(11-14)30-13-19(20,21)22;/h5,8,11,15H,3-4,6-7,9-10,12-13H2,1-2H3,(H2,23,25,26);1H. The molecule has 2 N–H and O–H groups in total. The van der Waals surface area contributed by atoms with Crippen LogP contribution in [0.2, 0.25) is 0 Å². The fourth-order valence-electron chi connectivity index (χ4n) is 2.89. The zero-order chi connectivity index (χ0) is 22.0. The number of ether oxygens (including phenoxy) is 2. The van der Waals surface area contributed by atoms with Crippen molar-refractivity contribution in [3.05, 3.63) is 23.9 Å². The molecule has 1 amide bonds. The number of carbonyl (C=O) groups excluding carboxylic acids is 1. The van der Waals surface area contributed by atoms with Crippen LogP contribution in [0.3, 0.4) is 0 Å². The van der Waals surface area contributed by atoms with Crippen LogP contribution in [-0.2, 0) is 11.3 Å². The molecule has 12 heteroatoms. The Kier molecular flexibility index (Phi) is 11.7. The Labute approximate surface area is 197 Å². The van der Waals surface area contributed by atoms with Crippen LogP contribution in [0.25, 0.3) is 0 Å². The van der Waals surface area contributed by atoms with Crippen molar-refractivity contribution in [1.29, 1.82) is 0 Å². The van der Waals surface area contributed by atoms with Crippen molar-refractivity contribution in [2.24, 2.45) is 4.99 Å². The molecule has 2 rings (SSSR count). The van der Waals surface area contributed by atoms with Gasteiger partial charge in [-0.05, 0) is 38.3 Å². The number of halogens is 4. The van der Waals surface area contributed by atoms with Crippen molar-refractivity contribution in [2.75, 3.05) is 32.8 Å². The smallest absolute Gasteiger partial charge is 0.422 e. The third-order valence-corrected chi connectivity index (χ3v) is 4.31. The molecular weight excluding hydrogens is 530 g/mol. The number of hydrogen-bond acceptors (Lipinski definition) is 5. The number of rotatable bonds is 7. The van der Waals surface area contributed by atoms with Gasteiger partial charge in [-0.3, -0.25) is 0 Å². The maximum absolute atomic E-state index is 12.3. The lowest BCUT2D eigenvalue weighted by Gasteiger charge is -2.32. The van der Waals surface area contributed by atoms with E-state index in [4.69, 9.17) is 4.74 Å². The van der Waals surface area contributed by atoms with E-state index in [0.717, 1.165) is 12.8 Å². The third-order valence-electron chi connectivity index (χ3n) is 4.31. The van der Waals surface area contributed by atoms with E-state index in [1.54, 1.807) is 17.9 Å². The number of hydrogen-bond donors (Lipinski definition) is 2. The number of aliphatic imine (C=N–C) groups is 1. The van der Waals surface area contributed by atoms with Crippen molar-refractivity contribution in [3.8, 4) is 5.88 Å². The second-order valence-electron chi connectivity index (χ2n) is 6.71. The molecule has 31 heavy (non-hydrogen) atoms. The van der Waals surface area contributed by atoms with E-state index in [-0.39, 0.29) is 48.5 Å². The van der Waals surface area contributed by atoms with Gasteiger partial charge in [-0.15, -0.1) is 24.0 Å². The Hall–Kier alpha value is -1.99. The van der Waals surface area contributed by atoms with Crippen LogP contribution in [-0.4, -0.2) is 67.0 Å². The summed E-state index contributed by atoms with van der Waals surface area (Å²) in [6, 6.07) is 3.26. The minimum atomic E-state index is -4.42. The number of alkyl halides is 3. The van der Waals surface area contributed by atoms with Crippen LogP contribution < -0.4 is 15.4 Å². The number of nitrogens with zero attached hydrogens (tertiary/aromatic N) is 3. The Bertz CT molecular complexity index is 713. The highest BCUT2D eigenvalue weighted by molar-refractivity contribution is 14.0. The largest absolute Gasteiger partial charge is 0.468 e. The minimum absolute atomic E-state index is 0. The molecule has 0 bridgehead atoms. The molecule has 2 heterocycles. The Morgan fingerprint density at radius 2 is 2.03 bits per heavy atom. The van der Waals surface area contributed by atoms with Crippen molar-refractivity contribution >= 4 is 36.0 Å². The summed E-state index contributed by atoms with van der Waals surface area (Å²) in [6.45, 7) is 4.79. The first-order valence-electron chi connectivity index (χ1n) is 9.91. The van der Waals surface area contributed by atoms with Gasteiger partial charge < -0.3 is 25.0 Å². The molecule has 1 aliphatic rings. The summed E-state index contributed by atoms with van der Waals surface area (Å²) in [5, 5.41) is 6.49. The summed E-state index contributed by atoms with van der Waals surface area (Å²) in [6.07, 6.45) is -1.80. The minimum Gasteiger partial charge on any atom is -0.468 e. The van der Waals surface area contributed by atoms with Gasteiger partial charge in [0.05, 0.1) is 13.2 Å². The Morgan fingerprint density at radius 3 is 2.65 bits per heavy atom. The highest BCUT2D eigenvalue weighted by Gasteiger charge is 2.28. The lowest BCUT2D eigenvalue weighted by Crippen LogP contribution is -2.49. The summed E-state index contributed by atoms with van der Waals surface area (Å²) in [7, 11) is 0. The normalized spacial score (nSPS) is 15.1. The average Bonchev–Trinajstić information content (AvgIpc) is 2.71. The van der Waals surface area contributed by atoms with Crippen LogP contribution >= 0.6 is 24.0 Å². The van der Waals surface area contributed by atoms with E-state index in [1.807, 2.05) is 6.92 Å². The molecule has 1 fully saturated rings. The molecule has 0 atom stereocenters. The predicted octanol–water partition coefficient (Wildman–Crippen LogP) is 3.32. The summed E-state index contributed by atoms with van der Waals surface area (Å²) in [4.78, 5) is 21.8. The van der Waals surface area contributed by atoms with Gasteiger partial charge in [0.2, 0.25) is 5.88 Å². The molecule has 1 aliphatic heterocycles. The zero-order valence-corrected chi connectivity index (χ0v) is 19.9. The number of amides is 1. The number of pyridine rings is 1. The lowest BCUT2D eigenvalue weighted by atomic mass is 10.1. The monoisotopic (exact) mass is 559 g/mol. The van der Waals surface area contributed by atoms with Gasteiger partial charge in [0.25, 0.3) is 0 Å². The molecule has 0 saturated carbocycles. The second-order valence-corrected chi connectivity index (χ2v) is 6.71. The van der Waals surface area contributed by atoms with Gasteiger partial charge >= 0.3 is 12.3 Å². The summed E-state index contributed by atoms with van der Waals surface area (Å²) in [5.41, 5.74) is 0.677. The highest BCUT2D eigenvalue weighted by Crippen LogP contribution is 2.18. The lowest BCUT2D eigenvalue weighted by molar-refractivity contribution is -0.154. The van der Waals surface area contributed by atoms with E-state index in [2.05, 4.69) is 25.3 Å². The first kappa shape index (κ1) is 27.0. The molecule has 0 spiro atoms. The van der Waals surface area contributed by atoms with E-state index >= 15 is 0 Å². The number of guanidine groups is 1. The molecule has 0 radical (unpaired) electrons. The van der Waals surface area contributed by atoms with E-state index in [1.165, 1.54) is 12.3 Å². The Morgan fingerprint density at radius 1 is 1.32 bits per heavy atom. The quantitative estimate of drug-likeness (QED) is 0.303. The first-order valence-corrected chi connectivity index (χ1v) is 9.91. The fraction of sp³-hybridized carbons (Fsp3) is 0.632. The van der Waals surface area contributed by atoms with Gasteiger partial charge in [0.1, 0.15) is 0 Å². The van der Waals surface area contributed by atoms with Crippen LogP contribution in [0.5, 0.6) is 5.88 Å². The molecule has 1 saturated heterocycles. The molecule has 0 unspecified atom stereocenters. The number of carbonyl (C=O) groups is 1. The maximum atomic E-state index is 12.3. The van der Waals surface area contributed by atoms with Crippen LogP contribution in [0.4, 0.5) is 18.0 Å². The average molecular weight is 559 g/mol. The van der Waals surface area contributed by atoms with Crippen LogP contribution in [0, 0.1) is 0 Å². The molecule has 176 valence electrons. The number of likely N-dealkylation sites (tertiary alicyclic amines) is 1. The van der Waals surface area contributed by atoms with E-state index in [0.29, 0.717) is 37.8 Å². The molecule has 1 aromatic heterocycles. The van der Waals surface area contributed by atoms with Crippen molar-refractivity contribution in [1.82, 2.24) is 20.5 Å². The van der Waals surface area contributed by atoms with E-state index in [9.17, 15) is 18.0 Å². The molecule has 1 aromatic rings. The molecule has 8 nitrogen and oxygen atoms in total. The van der Waals surface area contributed by atoms with Gasteiger partial charge in [0, 0.05) is 37.9 Å². The predicted molar refractivity (Wildman–Crippen MR) is 121 cm³/mol. The summed E-state index contributed by atoms with van der Waals surface area (Å²) >= 11 is 0. The van der Waals surface area contributed by atoms with Gasteiger partial charge in [0.15, 0.2) is 12.6 Å². The molecule has 0 aliphatic carbocycles. The maximum Gasteiger partial charge on any atom is 0.422 e. The first-order chi connectivity index (χ1) is 14.3. The third kappa shape index (κ3) is 10.2. The van der Waals surface area contributed by atoms with Gasteiger partial charge in [-0.1, -0.05) is 0 Å². The van der Waals surface area contributed by atoms with Crippen LogP contribution in [0.1, 0.15) is 32.3 Å². The Balaban J connectivity index is 0.00000480. The SMILES string of the molecule is CCNC(=NCc1ccnc(OCC(F)(F)F)c1)NC1CCN(C(=O)OCC)CC1.I. The summed E-state index contributed by atoms with van der Waals surface area (Å²) in [5.74, 6) is 0.506. The second kappa shape index (κ2) is 13.4. The number of piperidine rings is 1. The molecular formula is C19H29F3IN5O3. The summed E-state index contributed by atoms with van der Waals surface area (Å²) < 4.78 is 46.6. The zero-order valence-electron chi connectivity index (χ0n) is 17.6. The van der Waals surface area contributed by atoms with E-state index < -0.39 is 12.8 Å². The highest BCUT2D eigenvalue weighted by atomic mass is 127. The van der Waals surface area contributed by atoms with Crippen LogP contribution in [0.15, 0.2) is 23.3 Å². The van der Waals surface area contributed by atoms with Gasteiger partial charge in [-0.2, -0.15) is 13.2 Å². The fourth-order valence-corrected chi connectivity index (χ4v) is 2.89. The number of nitrogens with one attached hydrogen (secondary N) is 2.